The molecule has 0 saturated carbocycles. The van der Waals surface area contributed by atoms with Crippen LogP contribution in [0.3, 0.4) is 0 Å². The summed E-state index contributed by atoms with van der Waals surface area (Å²) in [6.45, 7) is 2.99. The number of carbonyl (C=O) groups excluding carboxylic acids is 2. The second-order valence-corrected chi connectivity index (χ2v) is 2.60. The smallest absolute Gasteiger partial charge is 0.271 e. The third-order valence-corrected chi connectivity index (χ3v) is 1.72. The summed E-state index contributed by atoms with van der Waals surface area (Å²) in [6.07, 6.45) is 0. The van der Waals surface area contributed by atoms with E-state index in [2.05, 4.69) is 5.32 Å². The zero-order valence-electron chi connectivity index (χ0n) is 6.37. The van der Waals surface area contributed by atoms with E-state index in [4.69, 9.17) is 5.21 Å². The fourth-order valence-electron chi connectivity index (χ4n) is 1.01. The van der Waals surface area contributed by atoms with Gasteiger partial charge in [0.15, 0.2) is 0 Å². The van der Waals surface area contributed by atoms with Crippen molar-refractivity contribution < 1.29 is 14.8 Å². The molecule has 2 atom stereocenters. The second kappa shape index (κ2) is 2.50. The average molecular weight is 158 g/mol. The summed E-state index contributed by atoms with van der Waals surface area (Å²) >= 11 is 0. The summed E-state index contributed by atoms with van der Waals surface area (Å²) in [7, 11) is 0. The minimum Gasteiger partial charge on any atom is -0.343 e. The van der Waals surface area contributed by atoms with Gasteiger partial charge in [0.25, 0.3) is 5.91 Å². The zero-order chi connectivity index (χ0) is 8.59. The Kier molecular flexibility index (Phi) is 1.82. The Labute approximate surface area is 63.9 Å². The molecule has 0 aromatic rings. The van der Waals surface area contributed by atoms with Gasteiger partial charge in [0.1, 0.15) is 6.04 Å². The van der Waals surface area contributed by atoms with Crippen LogP contribution in [0, 0.1) is 0 Å². The molecule has 5 heteroatoms. The normalized spacial score (nSPS) is 29.7. The van der Waals surface area contributed by atoms with Crippen LogP contribution in [-0.2, 0) is 9.59 Å². The van der Waals surface area contributed by atoms with Crippen molar-refractivity contribution in [3.8, 4) is 0 Å². The summed E-state index contributed by atoms with van der Waals surface area (Å²) in [6, 6.07) is -0.858. The molecule has 0 bridgehead atoms. The molecule has 1 rings (SSSR count). The van der Waals surface area contributed by atoms with Crippen LogP contribution in [0.25, 0.3) is 0 Å². The molecule has 1 fully saturated rings. The highest BCUT2D eigenvalue weighted by molar-refractivity contribution is 5.91. The van der Waals surface area contributed by atoms with Gasteiger partial charge in [-0.2, -0.15) is 0 Å². The van der Waals surface area contributed by atoms with Crippen molar-refractivity contribution in [2.75, 3.05) is 0 Å². The van der Waals surface area contributed by atoms with Gasteiger partial charge in [-0.1, -0.05) is 0 Å². The summed E-state index contributed by atoms with van der Waals surface area (Å²) in [5.74, 6) is -0.712. The third-order valence-electron chi connectivity index (χ3n) is 1.72. The number of hydrogen-bond acceptors (Lipinski definition) is 3. The molecule has 0 spiro atoms. The van der Waals surface area contributed by atoms with Gasteiger partial charge in [-0.25, -0.2) is 5.06 Å². The minimum absolute atomic E-state index is 0.261. The molecular formula is C6H10N2O3. The Morgan fingerprint density at radius 3 is 2.64 bits per heavy atom. The first-order chi connectivity index (χ1) is 5.04. The number of hydroxylamine groups is 2. The van der Waals surface area contributed by atoms with Crippen molar-refractivity contribution in [3.05, 3.63) is 0 Å². The Bertz CT molecular complexity index is 204. The first-order valence-corrected chi connectivity index (χ1v) is 3.33. The van der Waals surface area contributed by atoms with E-state index in [-0.39, 0.29) is 11.9 Å². The lowest BCUT2D eigenvalue weighted by Gasteiger charge is -2.40. The highest BCUT2D eigenvalue weighted by Gasteiger charge is 2.44. The molecule has 2 unspecified atom stereocenters. The molecule has 5 nitrogen and oxygen atoms in total. The molecule has 0 aromatic carbocycles. The van der Waals surface area contributed by atoms with Crippen LogP contribution in [0.5, 0.6) is 0 Å². The van der Waals surface area contributed by atoms with E-state index >= 15 is 0 Å². The maximum Gasteiger partial charge on any atom is 0.271 e. The molecule has 2 N–H and O–H groups in total. The summed E-state index contributed by atoms with van der Waals surface area (Å²) in [5.41, 5.74) is 0. The monoisotopic (exact) mass is 158 g/mol. The third kappa shape index (κ3) is 1.19. The Hall–Kier alpha value is -1.10. The molecular weight excluding hydrogens is 148 g/mol. The predicted octanol–water partition coefficient (Wildman–Crippen LogP) is -0.889. The number of nitrogens with one attached hydrogen (secondary N) is 1. The van der Waals surface area contributed by atoms with Gasteiger partial charge in [0.05, 0.1) is 6.04 Å². The highest BCUT2D eigenvalue weighted by atomic mass is 16.5. The molecule has 0 aliphatic carbocycles. The Morgan fingerprint density at radius 2 is 2.27 bits per heavy atom. The van der Waals surface area contributed by atoms with E-state index in [1.807, 2.05) is 0 Å². The molecule has 62 valence electrons. The van der Waals surface area contributed by atoms with Gasteiger partial charge < -0.3 is 5.32 Å². The zero-order valence-corrected chi connectivity index (χ0v) is 6.37. The Balaban J connectivity index is 2.49. The van der Waals surface area contributed by atoms with Crippen LogP contribution in [0.2, 0.25) is 0 Å². The number of hydrogen-bond donors (Lipinski definition) is 2. The van der Waals surface area contributed by atoms with Gasteiger partial charge in [-0.05, 0) is 6.92 Å². The van der Waals surface area contributed by atoms with E-state index in [0.717, 1.165) is 0 Å². The molecule has 0 radical (unpaired) electrons. The molecule has 1 aliphatic heterocycles. The van der Waals surface area contributed by atoms with E-state index in [1.165, 1.54) is 6.92 Å². The summed E-state index contributed by atoms with van der Waals surface area (Å²) < 4.78 is 0. The fourth-order valence-corrected chi connectivity index (χ4v) is 1.01. The van der Waals surface area contributed by atoms with Gasteiger partial charge in [-0.3, -0.25) is 14.8 Å². The van der Waals surface area contributed by atoms with Crippen molar-refractivity contribution in [2.45, 2.75) is 25.9 Å². The van der Waals surface area contributed by atoms with E-state index in [0.29, 0.717) is 5.06 Å². The van der Waals surface area contributed by atoms with E-state index in [1.54, 1.807) is 6.92 Å². The minimum atomic E-state index is -0.544. The first kappa shape index (κ1) is 8.00. The van der Waals surface area contributed by atoms with Gasteiger partial charge in [-0.15, -0.1) is 0 Å². The van der Waals surface area contributed by atoms with Crippen LogP contribution < -0.4 is 5.32 Å². The Morgan fingerprint density at radius 1 is 1.73 bits per heavy atom. The van der Waals surface area contributed by atoms with Gasteiger partial charge >= 0.3 is 0 Å². The number of nitrogens with zero attached hydrogens (tertiary/aromatic N) is 1. The van der Waals surface area contributed by atoms with Crippen molar-refractivity contribution in [2.24, 2.45) is 0 Å². The van der Waals surface area contributed by atoms with Crippen molar-refractivity contribution in [1.82, 2.24) is 10.4 Å². The van der Waals surface area contributed by atoms with Crippen molar-refractivity contribution in [1.29, 1.82) is 0 Å². The first-order valence-electron chi connectivity index (χ1n) is 3.33. The molecule has 0 aromatic heterocycles. The lowest BCUT2D eigenvalue weighted by Crippen LogP contribution is -2.68. The molecule has 2 amide bonds. The van der Waals surface area contributed by atoms with E-state index in [9.17, 15) is 9.59 Å². The SMILES string of the molecule is CC(=O)NC1C(=O)N(O)C1C. The maximum atomic E-state index is 10.8. The standard InChI is InChI=1S/C6H10N2O3/c1-3-5(7-4(2)9)6(10)8(3)11/h3,5,11H,1-2H3,(H,7,9). The molecule has 1 aliphatic rings. The van der Waals surface area contributed by atoms with Crippen LogP contribution in [0.1, 0.15) is 13.8 Å². The lowest BCUT2D eigenvalue weighted by molar-refractivity contribution is -0.207. The quantitative estimate of drug-likeness (QED) is 0.384. The average Bonchev–Trinajstić information content (AvgIpc) is 1.98. The summed E-state index contributed by atoms with van der Waals surface area (Å²) in [4.78, 5) is 21.2. The van der Waals surface area contributed by atoms with Crippen LogP contribution in [-0.4, -0.2) is 34.2 Å². The topological polar surface area (TPSA) is 69.6 Å². The molecule has 1 heterocycles. The summed E-state index contributed by atoms with van der Waals surface area (Å²) in [5, 5.41) is 11.8. The largest absolute Gasteiger partial charge is 0.343 e. The maximum absolute atomic E-state index is 10.8. The number of β-lactam (4-membered cyclic amide) rings is 1. The lowest BCUT2D eigenvalue weighted by atomic mass is 10.0. The molecule has 1 saturated heterocycles. The van der Waals surface area contributed by atoms with Crippen LogP contribution in [0.4, 0.5) is 0 Å². The van der Waals surface area contributed by atoms with E-state index < -0.39 is 11.9 Å². The second-order valence-electron chi connectivity index (χ2n) is 2.60. The predicted molar refractivity (Wildman–Crippen MR) is 35.7 cm³/mol. The highest BCUT2D eigenvalue weighted by Crippen LogP contribution is 2.15. The number of carbonyl (C=O) groups is 2. The van der Waals surface area contributed by atoms with Gasteiger partial charge in [0, 0.05) is 6.92 Å². The number of amides is 2. The number of rotatable bonds is 1. The van der Waals surface area contributed by atoms with Crippen LogP contribution in [0.15, 0.2) is 0 Å². The van der Waals surface area contributed by atoms with Crippen molar-refractivity contribution >= 4 is 11.8 Å². The van der Waals surface area contributed by atoms with Crippen LogP contribution >= 0.6 is 0 Å². The van der Waals surface area contributed by atoms with Crippen molar-refractivity contribution in [3.63, 3.8) is 0 Å². The fraction of sp³-hybridized carbons (Fsp3) is 0.667. The van der Waals surface area contributed by atoms with Gasteiger partial charge in [0.2, 0.25) is 5.91 Å². The molecule has 11 heavy (non-hydrogen) atoms.